The number of methoxy groups -OCH3 is 1. The van der Waals surface area contributed by atoms with E-state index in [4.69, 9.17) is 13.9 Å². The van der Waals surface area contributed by atoms with Crippen molar-refractivity contribution in [2.24, 2.45) is 4.99 Å². The Kier molecular flexibility index (Phi) is 7.48. The summed E-state index contributed by atoms with van der Waals surface area (Å²) >= 11 is 1.17. The number of nitrogens with zero attached hydrogens (tertiary/aromatic N) is 3. The molecule has 0 amide bonds. The minimum Gasteiger partial charge on any atom is -0.496 e. The fourth-order valence-electron chi connectivity index (χ4n) is 5.49. The maximum absolute atomic E-state index is 14.2. The third-order valence-electron chi connectivity index (χ3n) is 7.54. The Hall–Kier alpha value is -5.29. The van der Waals surface area contributed by atoms with Crippen LogP contribution in [-0.2, 0) is 9.53 Å². The molecule has 10 nitrogen and oxygen atoms in total. The van der Waals surface area contributed by atoms with E-state index >= 15 is 0 Å². The van der Waals surface area contributed by atoms with Crippen LogP contribution in [0.15, 0.2) is 92.2 Å². The molecule has 0 N–H and O–H groups in total. The van der Waals surface area contributed by atoms with Gasteiger partial charge in [-0.05, 0) is 55.3 Å². The summed E-state index contributed by atoms with van der Waals surface area (Å²) in [6.07, 6.45) is 1.61. The van der Waals surface area contributed by atoms with Crippen LogP contribution in [0.3, 0.4) is 0 Å². The van der Waals surface area contributed by atoms with E-state index in [0.29, 0.717) is 43.4 Å². The number of carbonyl (C=O) groups excluding carboxylic acids is 1. The van der Waals surface area contributed by atoms with Crippen LogP contribution in [-0.4, -0.2) is 29.2 Å². The molecule has 11 heteroatoms. The van der Waals surface area contributed by atoms with Gasteiger partial charge in [0, 0.05) is 29.3 Å². The number of aryl methyl sites for hydroxylation is 1. The van der Waals surface area contributed by atoms with E-state index in [2.05, 4.69) is 4.99 Å². The SMILES string of the molecule is CCOC(=O)C1=C(C)N=c2s/c(=C/c3ccc(-c4cc([N+](=O)[O-])ccc4C)o3)c(=O)n2[C@H]1c1c(OC)ccc2ccccc12. The van der Waals surface area contributed by atoms with E-state index in [9.17, 15) is 19.7 Å². The summed E-state index contributed by atoms with van der Waals surface area (Å²) in [5, 5.41) is 13.1. The molecule has 5 aromatic rings. The summed E-state index contributed by atoms with van der Waals surface area (Å²) in [5.74, 6) is 0.773. The second kappa shape index (κ2) is 11.4. The highest BCUT2D eigenvalue weighted by molar-refractivity contribution is 7.07. The number of fused-ring (bicyclic) bond motifs is 2. The average Bonchev–Trinajstić information content (AvgIpc) is 3.59. The first-order chi connectivity index (χ1) is 21.2. The Bertz CT molecular complexity index is 2190. The van der Waals surface area contributed by atoms with Crippen LogP contribution < -0.4 is 19.6 Å². The smallest absolute Gasteiger partial charge is 0.338 e. The van der Waals surface area contributed by atoms with Crippen LogP contribution in [0, 0.1) is 17.0 Å². The lowest BCUT2D eigenvalue weighted by atomic mass is 9.90. The zero-order valence-corrected chi connectivity index (χ0v) is 25.1. The summed E-state index contributed by atoms with van der Waals surface area (Å²) < 4.78 is 19.1. The lowest BCUT2D eigenvalue weighted by Crippen LogP contribution is -2.40. The fourth-order valence-corrected chi connectivity index (χ4v) is 6.52. The number of hydrogen-bond donors (Lipinski definition) is 0. The van der Waals surface area contributed by atoms with Gasteiger partial charge in [-0.2, -0.15) is 0 Å². The van der Waals surface area contributed by atoms with Gasteiger partial charge in [-0.25, -0.2) is 9.79 Å². The Balaban J connectivity index is 1.55. The molecule has 1 aliphatic heterocycles. The second-order valence-corrected chi connectivity index (χ2v) is 11.2. The largest absolute Gasteiger partial charge is 0.496 e. The number of aromatic nitrogens is 1. The van der Waals surface area contributed by atoms with Gasteiger partial charge in [0.1, 0.15) is 23.3 Å². The van der Waals surface area contributed by atoms with E-state index < -0.39 is 16.9 Å². The lowest BCUT2D eigenvalue weighted by Gasteiger charge is -2.27. The number of nitro benzene ring substituents is 1. The molecule has 0 fully saturated rings. The van der Waals surface area contributed by atoms with Gasteiger partial charge in [-0.15, -0.1) is 0 Å². The van der Waals surface area contributed by atoms with Gasteiger partial charge in [0.15, 0.2) is 4.80 Å². The van der Waals surface area contributed by atoms with E-state index in [1.165, 1.54) is 28.0 Å². The Morgan fingerprint density at radius 2 is 1.93 bits per heavy atom. The number of rotatable bonds is 7. The predicted octanol–water partition coefficient (Wildman–Crippen LogP) is 5.44. The molecular weight excluding hydrogens is 582 g/mol. The van der Waals surface area contributed by atoms with Gasteiger partial charge in [0.2, 0.25) is 0 Å². The van der Waals surface area contributed by atoms with Crippen molar-refractivity contribution in [1.82, 2.24) is 4.57 Å². The first-order valence-electron chi connectivity index (χ1n) is 13.8. The van der Waals surface area contributed by atoms with Crippen LogP contribution in [0.5, 0.6) is 5.75 Å². The molecule has 1 aliphatic rings. The zero-order chi connectivity index (χ0) is 31.1. The van der Waals surface area contributed by atoms with Crippen LogP contribution in [0.4, 0.5) is 5.69 Å². The number of ether oxygens (including phenoxy) is 2. The van der Waals surface area contributed by atoms with Crippen molar-refractivity contribution in [1.29, 1.82) is 0 Å². The van der Waals surface area contributed by atoms with Crippen molar-refractivity contribution in [2.45, 2.75) is 26.8 Å². The summed E-state index contributed by atoms with van der Waals surface area (Å²) in [7, 11) is 1.55. The lowest BCUT2D eigenvalue weighted by molar-refractivity contribution is -0.384. The number of carbonyl (C=O) groups is 1. The van der Waals surface area contributed by atoms with Crippen molar-refractivity contribution >= 4 is 39.8 Å². The second-order valence-electron chi connectivity index (χ2n) is 10.2. The fraction of sp³-hybridized carbons (Fsp3) is 0.182. The van der Waals surface area contributed by atoms with Crippen LogP contribution in [0.2, 0.25) is 0 Å². The molecule has 1 atom stereocenters. The van der Waals surface area contributed by atoms with Crippen molar-refractivity contribution in [2.75, 3.05) is 13.7 Å². The van der Waals surface area contributed by atoms with Crippen molar-refractivity contribution in [3.8, 4) is 17.1 Å². The third-order valence-corrected chi connectivity index (χ3v) is 8.52. The van der Waals surface area contributed by atoms with Gasteiger partial charge >= 0.3 is 5.97 Å². The monoisotopic (exact) mass is 609 g/mol. The topological polar surface area (TPSA) is 126 Å². The molecule has 0 saturated heterocycles. The minimum atomic E-state index is -0.867. The highest BCUT2D eigenvalue weighted by Crippen LogP contribution is 2.40. The predicted molar refractivity (Wildman–Crippen MR) is 166 cm³/mol. The van der Waals surface area contributed by atoms with Gasteiger partial charge in [0.25, 0.3) is 11.2 Å². The molecule has 2 aromatic heterocycles. The number of benzene rings is 3. The number of allylic oxidation sites excluding steroid dienone is 1. The standard InChI is InChI=1S/C33H27N3O7S/c1-5-42-32(38)28-19(3)34-33-35(30(28)29-23-9-7-6-8-20(23)11-14-26(29)41-4)31(37)27(44-33)17-22-13-15-25(43-22)24-16-21(36(39)40)12-10-18(24)2/h6-17,30H,5H2,1-4H3/b27-17+/t30-/m1/s1. The molecule has 6 rings (SSSR count). The molecule has 0 aliphatic carbocycles. The number of non-ortho nitro benzene ring substituents is 1. The number of nitro groups is 1. The van der Waals surface area contributed by atoms with E-state index in [1.54, 1.807) is 45.2 Å². The number of esters is 1. The Labute approximate surface area is 255 Å². The van der Waals surface area contributed by atoms with Crippen molar-refractivity contribution < 1.29 is 23.6 Å². The normalized spacial score (nSPS) is 14.8. The van der Waals surface area contributed by atoms with Crippen LogP contribution in [0.1, 0.15) is 36.8 Å². The Morgan fingerprint density at radius 1 is 1.14 bits per heavy atom. The van der Waals surface area contributed by atoms with Gasteiger partial charge in [-0.1, -0.05) is 47.7 Å². The minimum absolute atomic E-state index is 0.0477. The molecule has 0 spiro atoms. The summed E-state index contributed by atoms with van der Waals surface area (Å²) in [5.41, 5.74) is 2.32. The molecule has 0 unspecified atom stereocenters. The van der Waals surface area contributed by atoms with E-state index in [0.717, 1.165) is 16.3 Å². The van der Waals surface area contributed by atoms with Crippen LogP contribution in [0.25, 0.3) is 28.2 Å². The molecular formula is C33H27N3O7S. The maximum atomic E-state index is 14.2. The molecule has 222 valence electrons. The molecule has 44 heavy (non-hydrogen) atoms. The summed E-state index contributed by atoms with van der Waals surface area (Å²) in [4.78, 5) is 43.5. The van der Waals surface area contributed by atoms with Gasteiger partial charge in [0.05, 0.1) is 34.4 Å². The zero-order valence-electron chi connectivity index (χ0n) is 24.3. The van der Waals surface area contributed by atoms with Gasteiger partial charge in [-0.3, -0.25) is 19.5 Å². The molecule has 3 heterocycles. The molecule has 0 radical (unpaired) electrons. The highest BCUT2D eigenvalue weighted by Gasteiger charge is 2.36. The van der Waals surface area contributed by atoms with Gasteiger partial charge < -0.3 is 13.9 Å². The number of thiazole rings is 1. The first kappa shape index (κ1) is 28.8. The van der Waals surface area contributed by atoms with E-state index in [-0.39, 0.29) is 23.4 Å². The Morgan fingerprint density at radius 3 is 2.68 bits per heavy atom. The molecule has 0 bridgehead atoms. The van der Waals surface area contributed by atoms with Crippen molar-refractivity contribution in [3.63, 3.8) is 0 Å². The summed E-state index contributed by atoms with van der Waals surface area (Å²) in [6, 6.07) is 18.6. The van der Waals surface area contributed by atoms with Crippen LogP contribution >= 0.6 is 11.3 Å². The van der Waals surface area contributed by atoms with E-state index in [1.807, 2.05) is 43.3 Å². The molecule has 0 saturated carbocycles. The molecule has 3 aromatic carbocycles. The quantitative estimate of drug-likeness (QED) is 0.137. The maximum Gasteiger partial charge on any atom is 0.338 e. The number of hydrogen-bond acceptors (Lipinski definition) is 9. The number of furan rings is 1. The summed E-state index contributed by atoms with van der Waals surface area (Å²) in [6.45, 7) is 5.45. The van der Waals surface area contributed by atoms with Crippen molar-refractivity contribution in [3.05, 3.63) is 125 Å². The highest BCUT2D eigenvalue weighted by atomic mass is 32.1. The first-order valence-corrected chi connectivity index (χ1v) is 14.6. The average molecular weight is 610 g/mol. The third kappa shape index (κ3) is 4.90.